The highest BCUT2D eigenvalue weighted by Gasteiger charge is 2.12. The van der Waals surface area contributed by atoms with Crippen LogP contribution in [0.1, 0.15) is 25.2 Å². The highest BCUT2D eigenvalue weighted by atomic mass is 16.5. The first kappa shape index (κ1) is 12.1. The van der Waals surface area contributed by atoms with Crippen LogP contribution in [0.25, 0.3) is 0 Å². The summed E-state index contributed by atoms with van der Waals surface area (Å²) in [5.74, 6) is 0.560. The highest BCUT2D eigenvalue weighted by Crippen LogP contribution is 2.09. The van der Waals surface area contributed by atoms with Gasteiger partial charge in [-0.25, -0.2) is 4.68 Å². The second-order valence-electron chi connectivity index (χ2n) is 4.02. The molecule has 1 heterocycles. The van der Waals surface area contributed by atoms with Crippen LogP contribution in [0.3, 0.4) is 0 Å². The summed E-state index contributed by atoms with van der Waals surface area (Å²) >= 11 is 0. The van der Waals surface area contributed by atoms with E-state index in [9.17, 15) is 0 Å². The van der Waals surface area contributed by atoms with Crippen molar-refractivity contribution in [2.24, 2.45) is 5.92 Å². The number of nitrogens with one attached hydrogen (secondary N) is 1. The van der Waals surface area contributed by atoms with E-state index in [1.807, 2.05) is 11.7 Å². The van der Waals surface area contributed by atoms with Gasteiger partial charge in [0.25, 0.3) is 0 Å². The fraction of sp³-hybridized carbons (Fsp3) is 0.800. The van der Waals surface area contributed by atoms with E-state index >= 15 is 0 Å². The second kappa shape index (κ2) is 5.82. The van der Waals surface area contributed by atoms with Crippen LogP contribution in [0.4, 0.5) is 0 Å². The van der Waals surface area contributed by atoms with Gasteiger partial charge in [-0.15, -0.1) is 5.10 Å². The molecule has 1 N–H and O–H groups in total. The molecular formula is C10H20N4O. The second-order valence-corrected chi connectivity index (χ2v) is 4.02. The molecule has 5 nitrogen and oxygen atoms in total. The summed E-state index contributed by atoms with van der Waals surface area (Å²) in [5.41, 5.74) is 2.04. The molecule has 0 saturated carbocycles. The van der Waals surface area contributed by atoms with Crippen molar-refractivity contribution in [1.82, 2.24) is 20.3 Å². The molecule has 0 amide bonds. The zero-order valence-electron chi connectivity index (χ0n) is 9.95. The Hall–Kier alpha value is -0.940. The normalized spacial score (nSPS) is 11.3. The lowest BCUT2D eigenvalue weighted by molar-refractivity contribution is 0.174. The third kappa shape index (κ3) is 3.28. The van der Waals surface area contributed by atoms with Crippen molar-refractivity contribution < 1.29 is 4.74 Å². The van der Waals surface area contributed by atoms with Gasteiger partial charge in [-0.1, -0.05) is 19.1 Å². The van der Waals surface area contributed by atoms with Gasteiger partial charge in [0.2, 0.25) is 0 Å². The zero-order chi connectivity index (χ0) is 11.3. The topological polar surface area (TPSA) is 52.0 Å². The molecule has 0 atom stereocenters. The standard InChI is InChI=1S/C10H20N4O/c1-8(2)6-14-10(7-15-4)9(5-11-3)12-13-14/h8,11H,5-7H2,1-4H3. The summed E-state index contributed by atoms with van der Waals surface area (Å²) in [4.78, 5) is 0. The number of hydrogen-bond acceptors (Lipinski definition) is 4. The van der Waals surface area contributed by atoms with E-state index in [4.69, 9.17) is 4.74 Å². The van der Waals surface area contributed by atoms with Gasteiger partial charge in [0.15, 0.2) is 0 Å². The maximum Gasteiger partial charge on any atom is 0.102 e. The number of ether oxygens (including phenoxy) is 1. The minimum atomic E-state index is 0.560. The number of aromatic nitrogens is 3. The molecule has 5 heteroatoms. The van der Waals surface area contributed by atoms with Crippen molar-refractivity contribution in [3.8, 4) is 0 Å². The average Bonchev–Trinajstić information content (AvgIpc) is 2.51. The average molecular weight is 212 g/mol. The van der Waals surface area contributed by atoms with Crippen molar-refractivity contribution in [1.29, 1.82) is 0 Å². The fourth-order valence-electron chi connectivity index (χ4n) is 1.46. The van der Waals surface area contributed by atoms with E-state index in [0.29, 0.717) is 12.5 Å². The summed E-state index contributed by atoms with van der Waals surface area (Å²) in [5, 5.41) is 11.4. The molecule has 0 aliphatic heterocycles. The van der Waals surface area contributed by atoms with Gasteiger partial charge in [0.1, 0.15) is 5.69 Å². The molecule has 0 unspecified atom stereocenters. The lowest BCUT2D eigenvalue weighted by atomic mass is 10.2. The van der Waals surface area contributed by atoms with Gasteiger partial charge in [0, 0.05) is 20.2 Å². The quantitative estimate of drug-likeness (QED) is 0.758. The summed E-state index contributed by atoms with van der Waals surface area (Å²) in [7, 11) is 3.59. The number of hydrogen-bond donors (Lipinski definition) is 1. The number of methoxy groups -OCH3 is 1. The van der Waals surface area contributed by atoms with Crippen LogP contribution < -0.4 is 5.32 Å². The summed E-state index contributed by atoms with van der Waals surface area (Å²) in [6.45, 7) is 6.51. The van der Waals surface area contributed by atoms with E-state index in [2.05, 4.69) is 29.5 Å². The number of rotatable bonds is 6. The molecule has 0 saturated heterocycles. The van der Waals surface area contributed by atoms with Gasteiger partial charge >= 0.3 is 0 Å². The van der Waals surface area contributed by atoms with Crippen LogP contribution in [0.15, 0.2) is 0 Å². The highest BCUT2D eigenvalue weighted by molar-refractivity contribution is 5.09. The Morgan fingerprint density at radius 1 is 1.47 bits per heavy atom. The molecule has 86 valence electrons. The Balaban J connectivity index is 2.84. The Morgan fingerprint density at radius 2 is 2.20 bits per heavy atom. The predicted molar refractivity (Wildman–Crippen MR) is 58.3 cm³/mol. The fourth-order valence-corrected chi connectivity index (χ4v) is 1.46. The minimum Gasteiger partial charge on any atom is -0.378 e. The van der Waals surface area contributed by atoms with Crippen LogP contribution in [0, 0.1) is 5.92 Å². The summed E-state index contributed by atoms with van der Waals surface area (Å²) < 4.78 is 7.10. The molecule has 0 aromatic carbocycles. The maximum atomic E-state index is 5.17. The molecule has 1 rings (SSSR count). The largest absolute Gasteiger partial charge is 0.378 e. The molecule has 0 aliphatic carbocycles. The molecule has 0 bridgehead atoms. The molecule has 0 fully saturated rings. The van der Waals surface area contributed by atoms with E-state index < -0.39 is 0 Å². The van der Waals surface area contributed by atoms with Gasteiger partial charge in [-0.3, -0.25) is 0 Å². The lowest BCUT2D eigenvalue weighted by Crippen LogP contribution is -2.13. The van der Waals surface area contributed by atoms with E-state index in [0.717, 1.165) is 24.5 Å². The summed E-state index contributed by atoms with van der Waals surface area (Å²) in [6, 6.07) is 0. The predicted octanol–water partition coefficient (Wildman–Crippen LogP) is 0.800. The van der Waals surface area contributed by atoms with Gasteiger partial charge in [-0.2, -0.15) is 0 Å². The maximum absolute atomic E-state index is 5.17. The molecule has 0 radical (unpaired) electrons. The smallest absolute Gasteiger partial charge is 0.102 e. The van der Waals surface area contributed by atoms with Gasteiger partial charge in [0.05, 0.1) is 12.3 Å². The number of nitrogens with zero attached hydrogens (tertiary/aromatic N) is 3. The Labute approximate surface area is 90.8 Å². The van der Waals surface area contributed by atoms with E-state index in [-0.39, 0.29) is 0 Å². The Morgan fingerprint density at radius 3 is 2.73 bits per heavy atom. The van der Waals surface area contributed by atoms with Crippen molar-refractivity contribution in [3.05, 3.63) is 11.4 Å². The van der Waals surface area contributed by atoms with Crippen LogP contribution in [0.5, 0.6) is 0 Å². The van der Waals surface area contributed by atoms with Gasteiger partial charge < -0.3 is 10.1 Å². The monoisotopic (exact) mass is 212 g/mol. The molecule has 1 aromatic heterocycles. The van der Waals surface area contributed by atoms with Crippen LogP contribution in [-0.4, -0.2) is 29.2 Å². The van der Waals surface area contributed by atoms with E-state index in [1.54, 1.807) is 7.11 Å². The zero-order valence-corrected chi connectivity index (χ0v) is 9.95. The third-order valence-corrected chi connectivity index (χ3v) is 2.08. The first-order valence-corrected chi connectivity index (χ1v) is 5.23. The van der Waals surface area contributed by atoms with Crippen molar-refractivity contribution in [2.45, 2.75) is 33.5 Å². The van der Waals surface area contributed by atoms with Crippen LogP contribution in [-0.2, 0) is 24.4 Å². The minimum absolute atomic E-state index is 0.560. The van der Waals surface area contributed by atoms with Crippen LogP contribution in [0.2, 0.25) is 0 Å². The molecule has 0 aliphatic rings. The Bertz CT molecular complexity index is 296. The molecular weight excluding hydrogens is 192 g/mol. The lowest BCUT2D eigenvalue weighted by Gasteiger charge is -2.09. The van der Waals surface area contributed by atoms with Crippen molar-refractivity contribution in [3.63, 3.8) is 0 Å². The first-order chi connectivity index (χ1) is 7.19. The van der Waals surface area contributed by atoms with Crippen LogP contribution >= 0.6 is 0 Å². The SMILES string of the molecule is CNCc1nnn(CC(C)C)c1COC. The van der Waals surface area contributed by atoms with Gasteiger partial charge in [-0.05, 0) is 13.0 Å². The van der Waals surface area contributed by atoms with Crippen molar-refractivity contribution >= 4 is 0 Å². The Kier molecular flexibility index (Phi) is 4.71. The van der Waals surface area contributed by atoms with E-state index in [1.165, 1.54) is 0 Å². The summed E-state index contributed by atoms with van der Waals surface area (Å²) in [6.07, 6.45) is 0. The molecule has 0 spiro atoms. The van der Waals surface area contributed by atoms with Crippen molar-refractivity contribution in [2.75, 3.05) is 14.2 Å². The molecule has 15 heavy (non-hydrogen) atoms. The first-order valence-electron chi connectivity index (χ1n) is 5.23. The third-order valence-electron chi connectivity index (χ3n) is 2.08. The molecule has 1 aromatic rings.